The van der Waals surface area contributed by atoms with E-state index >= 15 is 0 Å². The Morgan fingerprint density at radius 3 is 2.70 bits per heavy atom. The van der Waals surface area contributed by atoms with Crippen LogP contribution in [0.3, 0.4) is 0 Å². The van der Waals surface area contributed by atoms with Crippen LogP contribution in [0.1, 0.15) is 72.1 Å². The van der Waals surface area contributed by atoms with Crippen molar-refractivity contribution >= 4 is 11.6 Å². The molecule has 1 aromatic carbocycles. The highest BCUT2D eigenvalue weighted by Gasteiger charge is 2.58. The van der Waals surface area contributed by atoms with Gasteiger partial charge < -0.3 is 10.4 Å². The number of aliphatic hydroxyl groups is 1. The van der Waals surface area contributed by atoms with Crippen LogP contribution in [0.2, 0.25) is 0 Å². The van der Waals surface area contributed by atoms with Gasteiger partial charge >= 0.3 is 0 Å². The van der Waals surface area contributed by atoms with Crippen LogP contribution in [0.5, 0.6) is 0 Å². The summed E-state index contributed by atoms with van der Waals surface area (Å²) in [6.45, 7) is 4.03. The number of hydrogen-bond donors (Lipinski definition) is 2. The molecule has 144 valence electrons. The second kappa shape index (κ2) is 6.12. The smallest absolute Gasteiger partial charge is 0.282 e. The van der Waals surface area contributed by atoms with Crippen LogP contribution in [0.15, 0.2) is 24.4 Å². The molecule has 0 saturated heterocycles. The Labute approximate surface area is 156 Å². The highest BCUT2D eigenvalue weighted by atomic mass is 19.3. The van der Waals surface area contributed by atoms with Gasteiger partial charge in [0.1, 0.15) is 5.69 Å². The fourth-order valence-corrected chi connectivity index (χ4v) is 5.04. The van der Waals surface area contributed by atoms with Gasteiger partial charge in [0.2, 0.25) is 0 Å². The minimum absolute atomic E-state index is 0.0457. The highest BCUT2D eigenvalue weighted by Crippen LogP contribution is 2.63. The van der Waals surface area contributed by atoms with Crippen molar-refractivity contribution in [3.8, 4) is 0 Å². The Balaban J connectivity index is 1.71. The number of fused-ring (bicyclic) bond motifs is 5. The van der Waals surface area contributed by atoms with Gasteiger partial charge in [-0.2, -0.15) is 5.10 Å². The number of nitrogens with one attached hydrogen (secondary N) is 1. The van der Waals surface area contributed by atoms with E-state index in [4.69, 9.17) is 0 Å². The number of aromatic nitrogens is 2. The fourth-order valence-electron chi connectivity index (χ4n) is 5.04. The topological polar surface area (TPSA) is 67.2 Å². The number of halogens is 2. The lowest BCUT2D eigenvalue weighted by Gasteiger charge is -2.33. The van der Waals surface area contributed by atoms with Crippen molar-refractivity contribution in [2.45, 2.75) is 50.6 Å². The van der Waals surface area contributed by atoms with Crippen molar-refractivity contribution in [2.75, 3.05) is 5.32 Å². The van der Waals surface area contributed by atoms with Crippen molar-refractivity contribution in [3.63, 3.8) is 0 Å². The first-order valence-electron chi connectivity index (χ1n) is 9.23. The average molecular weight is 375 g/mol. The van der Waals surface area contributed by atoms with Gasteiger partial charge in [0.05, 0.1) is 11.2 Å². The SMILES string of the molecule is CC(C)[C@]1(O)C2CCC1c1c(NC(=O)c3cn(C)nc3C(F)F)cccc12. The molecule has 1 fully saturated rings. The Bertz CT molecular complexity index is 909. The van der Waals surface area contributed by atoms with Crippen LogP contribution in [-0.4, -0.2) is 26.4 Å². The number of carbonyl (C=O) groups is 1. The number of carbonyl (C=O) groups excluding carboxylic acids is 1. The molecule has 27 heavy (non-hydrogen) atoms. The molecule has 4 rings (SSSR count). The average Bonchev–Trinajstić information content (AvgIpc) is 3.24. The molecule has 7 heteroatoms. The highest BCUT2D eigenvalue weighted by molar-refractivity contribution is 6.05. The fraction of sp³-hybridized carbons (Fsp3) is 0.500. The third-order valence-electron chi connectivity index (χ3n) is 6.21. The van der Waals surface area contributed by atoms with Gasteiger partial charge in [-0.15, -0.1) is 0 Å². The van der Waals surface area contributed by atoms with E-state index < -0.39 is 23.6 Å². The zero-order valence-electron chi connectivity index (χ0n) is 15.5. The summed E-state index contributed by atoms with van der Waals surface area (Å²) in [4.78, 5) is 12.7. The maximum Gasteiger partial charge on any atom is 0.282 e. The monoisotopic (exact) mass is 375 g/mol. The largest absolute Gasteiger partial charge is 0.388 e. The zero-order valence-corrected chi connectivity index (χ0v) is 15.5. The molecule has 5 nitrogen and oxygen atoms in total. The summed E-state index contributed by atoms with van der Waals surface area (Å²) in [5, 5.41) is 17.8. The summed E-state index contributed by atoms with van der Waals surface area (Å²) < 4.78 is 27.6. The molecular formula is C20H23F2N3O2. The lowest BCUT2D eigenvalue weighted by molar-refractivity contribution is -0.0187. The van der Waals surface area contributed by atoms with E-state index in [2.05, 4.69) is 10.4 Å². The van der Waals surface area contributed by atoms with Gasteiger partial charge in [0.15, 0.2) is 0 Å². The zero-order chi connectivity index (χ0) is 19.5. The van der Waals surface area contributed by atoms with Crippen LogP contribution < -0.4 is 5.32 Å². The number of rotatable bonds is 4. The Hall–Kier alpha value is -2.28. The van der Waals surface area contributed by atoms with Gasteiger partial charge in [-0.25, -0.2) is 8.78 Å². The number of amides is 1. The van der Waals surface area contributed by atoms with E-state index in [9.17, 15) is 18.7 Å². The first kappa shape index (κ1) is 18.1. The molecule has 3 atom stereocenters. The predicted octanol–water partition coefficient (Wildman–Crippen LogP) is 3.97. The summed E-state index contributed by atoms with van der Waals surface area (Å²) in [6, 6.07) is 5.61. The number of benzene rings is 1. The number of nitrogens with zero attached hydrogens (tertiary/aromatic N) is 2. The summed E-state index contributed by atoms with van der Waals surface area (Å²) >= 11 is 0. The van der Waals surface area contributed by atoms with Crippen LogP contribution in [-0.2, 0) is 7.05 Å². The maximum absolute atomic E-state index is 13.2. The van der Waals surface area contributed by atoms with E-state index in [-0.39, 0.29) is 23.3 Å². The lowest BCUT2D eigenvalue weighted by Crippen LogP contribution is -2.38. The van der Waals surface area contributed by atoms with Gasteiger partial charge in [0.25, 0.3) is 12.3 Å². The van der Waals surface area contributed by atoms with Crippen molar-refractivity contribution < 1.29 is 18.7 Å². The molecule has 0 radical (unpaired) electrons. The van der Waals surface area contributed by atoms with Crippen molar-refractivity contribution in [2.24, 2.45) is 13.0 Å². The minimum Gasteiger partial charge on any atom is -0.388 e. The first-order chi connectivity index (χ1) is 12.7. The molecule has 1 heterocycles. The molecular weight excluding hydrogens is 352 g/mol. The molecule has 2 aromatic rings. The molecule has 2 unspecified atom stereocenters. The standard InChI is InChI=1S/C20H23F2N3O2/c1-10(2)20(27)13-7-8-14(20)16-11(13)5-4-6-15(16)23-19(26)12-9-25(3)24-17(12)18(21)22/h4-6,9-10,13-14,18,27H,7-8H2,1-3H3,(H,23,26)/t13?,14?,20-/m0/s1. The van der Waals surface area contributed by atoms with Gasteiger partial charge in [0, 0.05) is 30.8 Å². The Kier molecular flexibility index (Phi) is 4.10. The summed E-state index contributed by atoms with van der Waals surface area (Å²) in [7, 11) is 1.50. The quantitative estimate of drug-likeness (QED) is 0.850. The van der Waals surface area contributed by atoms with Crippen LogP contribution in [0.25, 0.3) is 0 Å². The number of alkyl halides is 2. The van der Waals surface area contributed by atoms with Crippen molar-refractivity contribution in [1.29, 1.82) is 0 Å². The number of hydrogen-bond acceptors (Lipinski definition) is 3. The second-order valence-electron chi connectivity index (χ2n) is 7.89. The van der Waals surface area contributed by atoms with Gasteiger partial charge in [-0.1, -0.05) is 26.0 Å². The lowest BCUT2D eigenvalue weighted by atomic mass is 9.79. The van der Waals surface area contributed by atoms with Crippen LogP contribution >= 0.6 is 0 Å². The van der Waals surface area contributed by atoms with E-state index in [1.807, 2.05) is 26.0 Å². The molecule has 2 bridgehead atoms. The number of anilines is 1. The van der Waals surface area contributed by atoms with Crippen molar-refractivity contribution in [3.05, 3.63) is 46.8 Å². The molecule has 0 spiro atoms. The van der Waals surface area contributed by atoms with Gasteiger partial charge in [-0.3, -0.25) is 9.48 Å². The van der Waals surface area contributed by atoms with Gasteiger partial charge in [-0.05, 0) is 36.0 Å². The minimum atomic E-state index is -2.82. The third-order valence-corrected chi connectivity index (χ3v) is 6.21. The van der Waals surface area contributed by atoms with E-state index in [1.165, 1.54) is 17.9 Å². The third kappa shape index (κ3) is 2.51. The van der Waals surface area contributed by atoms with E-state index in [1.54, 1.807) is 6.07 Å². The maximum atomic E-state index is 13.2. The second-order valence-corrected chi connectivity index (χ2v) is 7.89. The molecule has 1 amide bonds. The summed E-state index contributed by atoms with van der Waals surface area (Å²) in [5.74, 6) is -0.542. The van der Waals surface area contributed by atoms with E-state index in [0.29, 0.717) is 5.69 Å². The molecule has 2 aliphatic rings. The predicted molar refractivity (Wildman–Crippen MR) is 97.1 cm³/mol. The molecule has 1 aromatic heterocycles. The molecule has 0 aliphatic heterocycles. The Morgan fingerprint density at radius 1 is 1.33 bits per heavy atom. The Morgan fingerprint density at radius 2 is 2.04 bits per heavy atom. The number of aryl methyl sites for hydroxylation is 1. The molecule has 2 aliphatic carbocycles. The first-order valence-corrected chi connectivity index (χ1v) is 9.23. The summed E-state index contributed by atoms with van der Waals surface area (Å²) in [5.41, 5.74) is 1.11. The molecule has 1 saturated carbocycles. The molecule has 2 N–H and O–H groups in total. The normalized spacial score (nSPS) is 26.1. The van der Waals surface area contributed by atoms with Crippen LogP contribution in [0.4, 0.5) is 14.5 Å². The van der Waals surface area contributed by atoms with E-state index in [0.717, 1.165) is 24.0 Å². The van der Waals surface area contributed by atoms with Crippen LogP contribution in [0, 0.1) is 5.92 Å². The van der Waals surface area contributed by atoms with Crippen molar-refractivity contribution in [1.82, 2.24) is 9.78 Å². The summed E-state index contributed by atoms with van der Waals surface area (Å²) in [6.07, 6.45) is 0.253.